The number of para-hydroxylation sites is 1. The summed E-state index contributed by atoms with van der Waals surface area (Å²) >= 11 is 0. The first-order valence-electron chi connectivity index (χ1n) is 6.87. The average Bonchev–Trinajstić information content (AvgIpc) is 2.41. The molecule has 1 amide bonds. The number of carbonyl (C=O) groups is 1. The lowest BCUT2D eigenvalue weighted by atomic mass is 10.1. The number of hydrogen-bond donors (Lipinski definition) is 0. The van der Waals surface area contributed by atoms with Gasteiger partial charge in [-0.2, -0.15) is 0 Å². The van der Waals surface area contributed by atoms with Crippen LogP contribution in [-0.4, -0.2) is 16.6 Å². The molecular weight excluding hydrogens is 264 g/mol. The van der Waals surface area contributed by atoms with E-state index in [1.807, 2.05) is 64.1 Å². The molecule has 0 radical (unpaired) electrons. The van der Waals surface area contributed by atoms with Gasteiger partial charge in [0.15, 0.2) is 5.75 Å². The number of nitrogens with zero attached hydrogens (tertiary/aromatic N) is 2. The molecule has 0 bridgehead atoms. The van der Waals surface area contributed by atoms with Crippen molar-refractivity contribution in [3.63, 3.8) is 0 Å². The van der Waals surface area contributed by atoms with Crippen molar-refractivity contribution < 1.29 is 9.53 Å². The van der Waals surface area contributed by atoms with E-state index in [1.54, 1.807) is 17.3 Å². The Bertz CT molecular complexity index is 618. The normalized spacial score (nSPS) is 11.0. The summed E-state index contributed by atoms with van der Waals surface area (Å²) in [7, 11) is 0. The molecular formula is C17H20N2O2. The second kappa shape index (κ2) is 5.95. The maximum atomic E-state index is 12.6. The van der Waals surface area contributed by atoms with Crippen molar-refractivity contribution in [1.29, 1.82) is 0 Å². The first-order valence-corrected chi connectivity index (χ1v) is 6.87. The van der Waals surface area contributed by atoms with Crippen LogP contribution in [0.1, 0.15) is 26.3 Å². The Labute approximate surface area is 125 Å². The predicted molar refractivity (Wildman–Crippen MR) is 83.7 cm³/mol. The van der Waals surface area contributed by atoms with Crippen LogP contribution in [0.5, 0.6) is 5.75 Å². The summed E-state index contributed by atoms with van der Waals surface area (Å²) in [5.74, 6) is 0.479. The summed E-state index contributed by atoms with van der Waals surface area (Å²) in [6.45, 7) is 7.79. The SMILES string of the molecule is Cc1ccncc1OC(=O)N(c1ccccc1)C(C)(C)C. The average molecular weight is 284 g/mol. The third-order valence-corrected chi connectivity index (χ3v) is 3.06. The minimum atomic E-state index is -0.412. The topological polar surface area (TPSA) is 42.4 Å². The zero-order valence-electron chi connectivity index (χ0n) is 12.8. The highest BCUT2D eigenvalue weighted by molar-refractivity contribution is 5.90. The second-order valence-corrected chi connectivity index (χ2v) is 5.85. The molecule has 2 aromatic rings. The van der Waals surface area contributed by atoms with Crippen molar-refractivity contribution in [2.24, 2.45) is 0 Å². The van der Waals surface area contributed by atoms with Crippen LogP contribution in [0.3, 0.4) is 0 Å². The Morgan fingerprint density at radius 2 is 1.81 bits per heavy atom. The molecule has 0 spiro atoms. The van der Waals surface area contributed by atoms with Crippen LogP contribution in [0.2, 0.25) is 0 Å². The van der Waals surface area contributed by atoms with Crippen LogP contribution < -0.4 is 9.64 Å². The van der Waals surface area contributed by atoms with Gasteiger partial charge in [0.25, 0.3) is 0 Å². The summed E-state index contributed by atoms with van der Waals surface area (Å²) in [6, 6.07) is 11.3. The first-order chi connectivity index (χ1) is 9.89. The lowest BCUT2D eigenvalue weighted by Gasteiger charge is -2.34. The van der Waals surface area contributed by atoms with Gasteiger partial charge in [-0.05, 0) is 51.5 Å². The van der Waals surface area contributed by atoms with Gasteiger partial charge in [-0.25, -0.2) is 4.79 Å². The molecule has 110 valence electrons. The lowest BCUT2D eigenvalue weighted by Crippen LogP contribution is -2.47. The van der Waals surface area contributed by atoms with Gasteiger partial charge in [0.1, 0.15) is 0 Å². The molecule has 0 saturated heterocycles. The molecule has 0 fully saturated rings. The van der Waals surface area contributed by atoms with Crippen LogP contribution in [-0.2, 0) is 0 Å². The minimum absolute atomic E-state index is 0.394. The minimum Gasteiger partial charge on any atom is -0.408 e. The standard InChI is InChI=1S/C17H20N2O2/c1-13-10-11-18-12-15(13)21-16(20)19(17(2,3)4)14-8-6-5-7-9-14/h5-12H,1-4H3. The molecule has 0 aliphatic carbocycles. The Balaban J connectivity index is 2.30. The van der Waals surface area contributed by atoms with Crippen molar-refractivity contribution in [2.45, 2.75) is 33.2 Å². The number of benzene rings is 1. The van der Waals surface area contributed by atoms with Gasteiger partial charge in [-0.1, -0.05) is 18.2 Å². The lowest BCUT2D eigenvalue weighted by molar-refractivity contribution is 0.201. The molecule has 0 saturated carbocycles. The van der Waals surface area contributed by atoms with E-state index in [-0.39, 0.29) is 0 Å². The number of amides is 1. The van der Waals surface area contributed by atoms with Crippen molar-refractivity contribution in [2.75, 3.05) is 4.90 Å². The van der Waals surface area contributed by atoms with Crippen molar-refractivity contribution >= 4 is 11.8 Å². The Morgan fingerprint density at radius 1 is 1.14 bits per heavy atom. The molecule has 2 rings (SSSR count). The summed E-state index contributed by atoms with van der Waals surface area (Å²) in [4.78, 5) is 18.2. The molecule has 1 aromatic carbocycles. The van der Waals surface area contributed by atoms with Crippen LogP contribution in [0.4, 0.5) is 10.5 Å². The summed E-state index contributed by atoms with van der Waals surface area (Å²) in [5, 5.41) is 0. The van der Waals surface area contributed by atoms with E-state index >= 15 is 0 Å². The first kappa shape index (κ1) is 15.0. The molecule has 21 heavy (non-hydrogen) atoms. The number of hydrogen-bond acceptors (Lipinski definition) is 3. The molecule has 0 N–H and O–H groups in total. The van der Waals surface area contributed by atoms with Crippen LogP contribution >= 0.6 is 0 Å². The van der Waals surface area contributed by atoms with E-state index in [4.69, 9.17) is 4.74 Å². The fourth-order valence-electron chi connectivity index (χ4n) is 2.04. The second-order valence-electron chi connectivity index (χ2n) is 5.85. The fraction of sp³-hybridized carbons (Fsp3) is 0.294. The highest BCUT2D eigenvalue weighted by Crippen LogP contribution is 2.26. The highest BCUT2D eigenvalue weighted by Gasteiger charge is 2.30. The van der Waals surface area contributed by atoms with Crippen LogP contribution in [0.25, 0.3) is 0 Å². The van der Waals surface area contributed by atoms with Crippen molar-refractivity contribution in [1.82, 2.24) is 4.98 Å². The van der Waals surface area contributed by atoms with E-state index in [0.29, 0.717) is 5.75 Å². The molecule has 4 nitrogen and oxygen atoms in total. The van der Waals surface area contributed by atoms with E-state index in [9.17, 15) is 4.79 Å². The largest absolute Gasteiger partial charge is 0.420 e. The molecule has 0 aliphatic rings. The molecule has 1 heterocycles. The number of pyridine rings is 1. The van der Waals surface area contributed by atoms with Gasteiger partial charge in [0, 0.05) is 17.4 Å². The summed E-state index contributed by atoms with van der Waals surface area (Å²) < 4.78 is 5.51. The summed E-state index contributed by atoms with van der Waals surface area (Å²) in [6.07, 6.45) is 2.81. The van der Waals surface area contributed by atoms with Crippen molar-refractivity contribution in [3.8, 4) is 5.75 Å². The van der Waals surface area contributed by atoms with Gasteiger partial charge in [0.2, 0.25) is 0 Å². The van der Waals surface area contributed by atoms with E-state index in [0.717, 1.165) is 11.3 Å². The zero-order chi connectivity index (χ0) is 15.5. The summed E-state index contributed by atoms with van der Waals surface area (Å²) in [5.41, 5.74) is 1.28. The number of aryl methyl sites for hydroxylation is 1. The molecule has 1 aromatic heterocycles. The van der Waals surface area contributed by atoms with E-state index < -0.39 is 11.6 Å². The molecule has 4 heteroatoms. The number of anilines is 1. The highest BCUT2D eigenvalue weighted by atomic mass is 16.6. The number of aromatic nitrogens is 1. The van der Waals surface area contributed by atoms with E-state index in [2.05, 4.69) is 4.98 Å². The molecule has 0 atom stereocenters. The smallest absolute Gasteiger partial charge is 0.408 e. The van der Waals surface area contributed by atoms with E-state index in [1.165, 1.54) is 0 Å². The number of rotatable bonds is 2. The third kappa shape index (κ3) is 3.60. The van der Waals surface area contributed by atoms with Crippen molar-refractivity contribution in [3.05, 3.63) is 54.4 Å². The Kier molecular flexibility index (Phi) is 4.26. The molecule has 0 unspecified atom stereocenters. The maximum Gasteiger partial charge on any atom is 0.420 e. The fourth-order valence-corrected chi connectivity index (χ4v) is 2.04. The molecule has 0 aliphatic heterocycles. The quantitative estimate of drug-likeness (QED) is 0.830. The van der Waals surface area contributed by atoms with Gasteiger partial charge < -0.3 is 4.74 Å². The number of ether oxygens (including phenoxy) is 1. The van der Waals surface area contributed by atoms with Gasteiger partial charge in [-0.3, -0.25) is 9.88 Å². The third-order valence-electron chi connectivity index (χ3n) is 3.06. The Morgan fingerprint density at radius 3 is 2.38 bits per heavy atom. The van der Waals surface area contributed by atoms with Gasteiger partial charge in [-0.15, -0.1) is 0 Å². The number of carbonyl (C=O) groups excluding carboxylic acids is 1. The van der Waals surface area contributed by atoms with Crippen LogP contribution in [0.15, 0.2) is 48.8 Å². The zero-order valence-corrected chi connectivity index (χ0v) is 12.8. The van der Waals surface area contributed by atoms with Crippen LogP contribution in [0, 0.1) is 6.92 Å². The maximum absolute atomic E-state index is 12.6. The monoisotopic (exact) mass is 284 g/mol. The van der Waals surface area contributed by atoms with Gasteiger partial charge >= 0.3 is 6.09 Å². The van der Waals surface area contributed by atoms with Gasteiger partial charge in [0.05, 0.1) is 6.20 Å². The Hall–Kier alpha value is -2.36. The predicted octanol–water partition coefficient (Wildman–Crippen LogP) is 4.19.